The van der Waals surface area contributed by atoms with Gasteiger partial charge in [0.15, 0.2) is 12.1 Å². The number of carboxylic acid groups (broad SMARTS) is 3. The van der Waals surface area contributed by atoms with E-state index in [0.29, 0.717) is 6.42 Å². The molecule has 3 atom stereocenters. The van der Waals surface area contributed by atoms with Crippen molar-refractivity contribution in [2.45, 2.75) is 84.3 Å². The van der Waals surface area contributed by atoms with Crippen LogP contribution in [0.15, 0.2) is 12.2 Å². The zero-order valence-corrected chi connectivity index (χ0v) is 16.3. The molecule has 0 fully saturated rings. The van der Waals surface area contributed by atoms with Crippen molar-refractivity contribution in [3.05, 3.63) is 12.2 Å². The SMILES string of the molecule is CCCC/C=C/CCCC[N+](C(C)C(=O)[O-])(C(C)C(=O)O)C(C)C(=O)O. The summed E-state index contributed by atoms with van der Waals surface area (Å²) >= 11 is 0. The van der Waals surface area contributed by atoms with Crippen molar-refractivity contribution in [1.29, 1.82) is 0 Å². The minimum Gasteiger partial charge on any atom is -0.544 e. The lowest BCUT2D eigenvalue weighted by Crippen LogP contribution is -2.72. The number of carboxylic acids is 3. The lowest BCUT2D eigenvalue weighted by atomic mass is 10.0. The van der Waals surface area contributed by atoms with Crippen molar-refractivity contribution in [1.82, 2.24) is 0 Å². The van der Waals surface area contributed by atoms with E-state index in [0.717, 1.165) is 32.1 Å². The molecule has 0 rings (SSSR count). The van der Waals surface area contributed by atoms with Crippen molar-refractivity contribution in [2.75, 3.05) is 6.54 Å². The smallest absolute Gasteiger partial charge is 0.362 e. The first-order valence-corrected chi connectivity index (χ1v) is 9.31. The van der Waals surface area contributed by atoms with Gasteiger partial charge in [-0.3, -0.25) is 4.48 Å². The lowest BCUT2D eigenvalue weighted by molar-refractivity contribution is -0.969. The highest BCUT2D eigenvalue weighted by Gasteiger charge is 2.50. The van der Waals surface area contributed by atoms with Gasteiger partial charge in [-0.2, -0.15) is 0 Å². The predicted octanol–water partition coefficient (Wildman–Crippen LogP) is 1.80. The number of nitrogens with zero attached hydrogens (tertiary/aromatic N) is 1. The second kappa shape index (κ2) is 11.7. The zero-order valence-electron chi connectivity index (χ0n) is 16.3. The second-order valence-electron chi connectivity index (χ2n) is 6.85. The monoisotopic (exact) mass is 371 g/mol. The summed E-state index contributed by atoms with van der Waals surface area (Å²) in [6, 6.07) is -3.59. The topological polar surface area (TPSA) is 115 Å². The molecular weight excluding hydrogens is 338 g/mol. The number of unbranched alkanes of at least 4 members (excludes halogenated alkanes) is 4. The van der Waals surface area contributed by atoms with Crippen LogP contribution in [0.4, 0.5) is 0 Å². The van der Waals surface area contributed by atoms with Crippen LogP contribution in [0.5, 0.6) is 0 Å². The number of rotatable bonds is 14. The van der Waals surface area contributed by atoms with Gasteiger partial charge < -0.3 is 20.1 Å². The molecule has 0 amide bonds. The summed E-state index contributed by atoms with van der Waals surface area (Å²) in [5, 5.41) is 30.4. The average molecular weight is 371 g/mol. The highest BCUT2D eigenvalue weighted by Crippen LogP contribution is 2.27. The summed E-state index contributed by atoms with van der Waals surface area (Å²) < 4.78 is -0.563. The maximum Gasteiger partial charge on any atom is 0.362 e. The van der Waals surface area contributed by atoms with E-state index in [-0.39, 0.29) is 6.54 Å². The van der Waals surface area contributed by atoms with E-state index in [1.807, 2.05) is 0 Å². The quantitative estimate of drug-likeness (QED) is 0.273. The first-order valence-electron chi connectivity index (χ1n) is 9.31. The van der Waals surface area contributed by atoms with E-state index < -0.39 is 40.5 Å². The average Bonchev–Trinajstić information content (AvgIpc) is 2.58. The Balaban J connectivity index is 5.30. The third-order valence-corrected chi connectivity index (χ3v) is 5.28. The Morgan fingerprint density at radius 2 is 1.35 bits per heavy atom. The fourth-order valence-corrected chi connectivity index (χ4v) is 3.40. The standard InChI is InChI=1S/C19H33NO6/c1-5-6-7-8-9-10-11-12-13-20(14(2)17(21)22,15(3)18(23)24)16(4)19(25)26/h8-9,14-16H,5-7,10-13H2,1-4H3,(H2-,21,22,23,24,25,26)/b9-8+. The minimum atomic E-state index is -1.44. The summed E-state index contributed by atoms with van der Waals surface area (Å²) in [7, 11) is 0. The molecule has 2 N–H and O–H groups in total. The Kier molecular flexibility index (Phi) is 10.8. The molecule has 7 nitrogen and oxygen atoms in total. The van der Waals surface area contributed by atoms with Gasteiger partial charge in [-0.1, -0.05) is 31.9 Å². The molecular formula is C19H33NO6. The summed E-state index contributed by atoms with van der Waals surface area (Å²) in [5.41, 5.74) is 0. The molecule has 150 valence electrons. The Bertz CT molecular complexity index is 452. The van der Waals surface area contributed by atoms with Gasteiger partial charge in [0.05, 0.1) is 12.5 Å². The first kappa shape index (κ1) is 24.1. The van der Waals surface area contributed by atoms with E-state index in [2.05, 4.69) is 19.1 Å². The van der Waals surface area contributed by atoms with Crippen LogP contribution < -0.4 is 5.11 Å². The van der Waals surface area contributed by atoms with Crippen molar-refractivity contribution >= 4 is 17.9 Å². The van der Waals surface area contributed by atoms with Crippen molar-refractivity contribution in [2.24, 2.45) is 0 Å². The molecule has 0 heterocycles. The molecule has 0 aromatic carbocycles. The van der Waals surface area contributed by atoms with Crippen LogP contribution in [-0.4, -0.2) is 57.3 Å². The van der Waals surface area contributed by atoms with Crippen LogP contribution in [0.3, 0.4) is 0 Å². The van der Waals surface area contributed by atoms with Gasteiger partial charge in [-0.25, -0.2) is 9.59 Å². The lowest BCUT2D eigenvalue weighted by Gasteiger charge is -2.49. The van der Waals surface area contributed by atoms with Gasteiger partial charge in [0.2, 0.25) is 0 Å². The molecule has 3 unspecified atom stereocenters. The first-order chi connectivity index (χ1) is 12.1. The summed E-state index contributed by atoms with van der Waals surface area (Å²) in [4.78, 5) is 34.7. The highest BCUT2D eigenvalue weighted by molar-refractivity contribution is 5.76. The third-order valence-electron chi connectivity index (χ3n) is 5.28. The number of hydrogen-bond acceptors (Lipinski definition) is 4. The van der Waals surface area contributed by atoms with Crippen molar-refractivity contribution in [3.63, 3.8) is 0 Å². The Labute approximate surface area is 155 Å². The van der Waals surface area contributed by atoms with E-state index in [1.54, 1.807) is 0 Å². The fraction of sp³-hybridized carbons (Fsp3) is 0.737. The summed E-state index contributed by atoms with van der Waals surface area (Å²) in [6.45, 7) is 6.34. The van der Waals surface area contributed by atoms with Gasteiger partial charge in [0.25, 0.3) is 0 Å². The molecule has 7 heteroatoms. The van der Waals surface area contributed by atoms with E-state index in [4.69, 9.17) is 0 Å². The summed E-state index contributed by atoms with van der Waals surface area (Å²) in [6.07, 6.45) is 9.52. The number of aliphatic carboxylic acids is 3. The summed E-state index contributed by atoms with van der Waals surface area (Å²) in [5.74, 6) is -3.87. The molecule has 0 aliphatic rings. The van der Waals surface area contributed by atoms with Crippen LogP contribution in [0.25, 0.3) is 0 Å². The largest absolute Gasteiger partial charge is 0.544 e. The van der Waals surface area contributed by atoms with Crippen LogP contribution in [0, 0.1) is 0 Å². The van der Waals surface area contributed by atoms with Crippen LogP contribution in [0.2, 0.25) is 0 Å². The Hall–Kier alpha value is -1.89. The minimum absolute atomic E-state index is 0.152. The number of quaternary nitrogens is 1. The number of carbonyl (C=O) groups is 3. The fourth-order valence-electron chi connectivity index (χ4n) is 3.40. The van der Waals surface area contributed by atoms with Gasteiger partial charge in [0, 0.05) is 0 Å². The molecule has 0 radical (unpaired) electrons. The Morgan fingerprint density at radius 3 is 1.73 bits per heavy atom. The van der Waals surface area contributed by atoms with Gasteiger partial charge in [-0.05, 0) is 46.5 Å². The van der Waals surface area contributed by atoms with E-state index in [9.17, 15) is 29.7 Å². The molecule has 0 bridgehead atoms. The van der Waals surface area contributed by atoms with Gasteiger partial charge >= 0.3 is 11.9 Å². The Morgan fingerprint density at radius 1 is 0.885 bits per heavy atom. The zero-order chi connectivity index (χ0) is 20.3. The molecule has 0 spiro atoms. The van der Waals surface area contributed by atoms with Crippen LogP contribution in [0.1, 0.15) is 66.2 Å². The van der Waals surface area contributed by atoms with Crippen LogP contribution in [-0.2, 0) is 14.4 Å². The molecule has 26 heavy (non-hydrogen) atoms. The number of allylic oxidation sites excluding steroid dienone is 2. The molecule has 0 aliphatic carbocycles. The van der Waals surface area contributed by atoms with Gasteiger partial charge in [0.1, 0.15) is 6.04 Å². The molecule has 0 aromatic heterocycles. The van der Waals surface area contributed by atoms with Crippen molar-refractivity contribution < 1.29 is 34.2 Å². The molecule has 0 saturated heterocycles. The van der Waals surface area contributed by atoms with E-state index >= 15 is 0 Å². The number of hydrogen-bond donors (Lipinski definition) is 2. The normalized spacial score (nSPS) is 17.4. The molecule has 0 aliphatic heterocycles. The molecule has 0 saturated carbocycles. The number of carbonyl (C=O) groups excluding carboxylic acids is 1. The van der Waals surface area contributed by atoms with Crippen LogP contribution >= 0.6 is 0 Å². The van der Waals surface area contributed by atoms with Crippen molar-refractivity contribution in [3.8, 4) is 0 Å². The third kappa shape index (κ3) is 6.44. The maximum atomic E-state index is 11.6. The highest BCUT2D eigenvalue weighted by atomic mass is 16.4. The van der Waals surface area contributed by atoms with E-state index in [1.165, 1.54) is 20.8 Å². The van der Waals surface area contributed by atoms with Gasteiger partial charge in [-0.15, -0.1) is 0 Å². The predicted molar refractivity (Wildman–Crippen MR) is 96.3 cm³/mol. The molecule has 0 aromatic rings. The maximum absolute atomic E-state index is 11.6. The second-order valence-corrected chi connectivity index (χ2v) is 6.85.